The maximum absolute atomic E-state index is 12.5. The van der Waals surface area contributed by atoms with Crippen LogP contribution in [0.2, 0.25) is 0 Å². The van der Waals surface area contributed by atoms with Crippen molar-refractivity contribution in [1.29, 1.82) is 0 Å². The van der Waals surface area contributed by atoms with Gasteiger partial charge in [-0.2, -0.15) is 4.98 Å². The number of hydrogen-bond donors (Lipinski definition) is 0. The monoisotopic (exact) mass is 344 g/mol. The molecule has 1 aliphatic heterocycles. The molecule has 25 heavy (non-hydrogen) atoms. The average molecular weight is 344 g/mol. The summed E-state index contributed by atoms with van der Waals surface area (Å²) in [7, 11) is 0. The molecule has 3 rings (SSSR count). The van der Waals surface area contributed by atoms with Crippen LogP contribution in [0.4, 0.5) is 0 Å². The van der Waals surface area contributed by atoms with Gasteiger partial charge in [0.15, 0.2) is 0 Å². The number of hydrogen-bond acceptors (Lipinski definition) is 7. The van der Waals surface area contributed by atoms with Crippen LogP contribution < -0.4 is 0 Å². The van der Waals surface area contributed by atoms with Crippen LogP contribution in [0.15, 0.2) is 23.0 Å². The molecule has 1 fully saturated rings. The molecule has 0 saturated carbocycles. The Morgan fingerprint density at radius 2 is 1.84 bits per heavy atom. The Morgan fingerprint density at radius 3 is 2.44 bits per heavy atom. The normalized spacial score (nSPS) is 15.6. The fraction of sp³-hybridized carbons (Fsp3) is 0.588. The van der Waals surface area contributed by atoms with E-state index in [1.165, 1.54) is 0 Å². The molecule has 0 radical (unpaired) electrons. The van der Waals surface area contributed by atoms with E-state index < -0.39 is 0 Å². The molecule has 2 aromatic rings. The van der Waals surface area contributed by atoms with Crippen molar-refractivity contribution in [2.45, 2.75) is 45.7 Å². The summed E-state index contributed by atoms with van der Waals surface area (Å²) < 4.78 is 5.34. The van der Waals surface area contributed by atoms with Crippen LogP contribution in [0.3, 0.4) is 0 Å². The molecule has 8 heteroatoms. The molecule has 0 bridgehead atoms. The highest BCUT2D eigenvalue weighted by molar-refractivity contribution is 5.79. The number of likely N-dealkylation sites (tertiary alicyclic amines) is 1. The molecule has 134 valence electrons. The summed E-state index contributed by atoms with van der Waals surface area (Å²) in [4.78, 5) is 29.1. The highest BCUT2D eigenvalue weighted by Gasteiger charge is 2.35. The second-order valence-electron chi connectivity index (χ2n) is 6.91. The molecular weight excluding hydrogens is 320 g/mol. The van der Waals surface area contributed by atoms with E-state index in [0.717, 1.165) is 13.1 Å². The Morgan fingerprint density at radius 1 is 1.20 bits per heavy atom. The van der Waals surface area contributed by atoms with E-state index in [1.54, 1.807) is 18.5 Å². The second kappa shape index (κ2) is 7.26. The molecule has 0 N–H and O–H groups in total. The largest absolute Gasteiger partial charge is 0.338 e. The predicted molar refractivity (Wildman–Crippen MR) is 91.6 cm³/mol. The van der Waals surface area contributed by atoms with Gasteiger partial charge in [-0.05, 0) is 33.8 Å². The highest BCUT2D eigenvalue weighted by Crippen LogP contribution is 2.27. The first-order chi connectivity index (χ1) is 12.0. The minimum absolute atomic E-state index is 0.157. The summed E-state index contributed by atoms with van der Waals surface area (Å²) in [6, 6.07) is 2.14. The maximum Gasteiger partial charge on any atom is 0.240 e. The van der Waals surface area contributed by atoms with Gasteiger partial charge in [0.05, 0.1) is 12.5 Å². The summed E-state index contributed by atoms with van der Waals surface area (Å²) in [6.45, 7) is 10.1. The van der Waals surface area contributed by atoms with Gasteiger partial charge >= 0.3 is 0 Å². The molecule has 1 aliphatic rings. The zero-order valence-electron chi connectivity index (χ0n) is 15.1. The zero-order chi connectivity index (χ0) is 18.0. The maximum atomic E-state index is 12.5. The van der Waals surface area contributed by atoms with Crippen molar-refractivity contribution in [1.82, 2.24) is 29.9 Å². The lowest BCUT2D eigenvalue weighted by atomic mass is 10.00. The van der Waals surface area contributed by atoms with Crippen LogP contribution in [0, 0.1) is 0 Å². The van der Waals surface area contributed by atoms with E-state index in [2.05, 4.69) is 25.0 Å². The van der Waals surface area contributed by atoms with Gasteiger partial charge in [-0.3, -0.25) is 9.69 Å². The quantitative estimate of drug-likeness (QED) is 0.786. The lowest BCUT2D eigenvalue weighted by Gasteiger charge is -2.39. The average Bonchev–Trinajstić information content (AvgIpc) is 3.00. The van der Waals surface area contributed by atoms with Crippen molar-refractivity contribution >= 4 is 5.91 Å². The summed E-state index contributed by atoms with van der Waals surface area (Å²) >= 11 is 0. The molecule has 0 spiro atoms. The van der Waals surface area contributed by atoms with Gasteiger partial charge in [0.25, 0.3) is 0 Å². The highest BCUT2D eigenvalue weighted by atomic mass is 16.5. The standard InChI is InChI=1S/C17H24N6O2/c1-11(2)23(12(3)4)14(24)10-22-8-13(9-22)17-20-16(21-25-17)15-18-6-5-7-19-15/h5-7,11-13H,8-10H2,1-4H3. The summed E-state index contributed by atoms with van der Waals surface area (Å²) in [6.07, 6.45) is 3.29. The fourth-order valence-corrected chi connectivity index (χ4v) is 3.21. The smallest absolute Gasteiger partial charge is 0.240 e. The number of carbonyl (C=O) groups excluding carboxylic acids is 1. The number of aromatic nitrogens is 4. The Bertz CT molecular complexity index is 701. The third-order valence-corrected chi connectivity index (χ3v) is 4.27. The fourth-order valence-electron chi connectivity index (χ4n) is 3.21. The molecule has 0 unspecified atom stereocenters. The van der Waals surface area contributed by atoms with Crippen molar-refractivity contribution in [3.8, 4) is 11.6 Å². The van der Waals surface area contributed by atoms with Crippen LogP contribution in [-0.4, -0.2) is 67.5 Å². The van der Waals surface area contributed by atoms with Gasteiger partial charge in [0, 0.05) is 37.6 Å². The number of amides is 1. The van der Waals surface area contributed by atoms with Gasteiger partial charge in [0.2, 0.25) is 23.4 Å². The van der Waals surface area contributed by atoms with Crippen molar-refractivity contribution in [2.75, 3.05) is 19.6 Å². The van der Waals surface area contributed by atoms with Crippen LogP contribution >= 0.6 is 0 Å². The lowest BCUT2D eigenvalue weighted by Crippen LogP contribution is -2.52. The van der Waals surface area contributed by atoms with E-state index in [9.17, 15) is 4.79 Å². The van der Waals surface area contributed by atoms with Gasteiger partial charge in [-0.15, -0.1) is 0 Å². The Hall–Kier alpha value is -2.35. The molecule has 0 atom stereocenters. The van der Waals surface area contributed by atoms with Crippen LogP contribution in [0.1, 0.15) is 39.5 Å². The first kappa shape index (κ1) is 17.5. The van der Waals surface area contributed by atoms with E-state index >= 15 is 0 Å². The van der Waals surface area contributed by atoms with E-state index in [0.29, 0.717) is 24.1 Å². The molecule has 0 aliphatic carbocycles. The van der Waals surface area contributed by atoms with E-state index in [1.807, 2.05) is 32.6 Å². The molecule has 2 aromatic heterocycles. The SMILES string of the molecule is CC(C)N(C(=O)CN1CC(c2nc(-c3ncccn3)no2)C1)C(C)C. The van der Waals surface area contributed by atoms with Gasteiger partial charge in [-0.25, -0.2) is 9.97 Å². The zero-order valence-corrected chi connectivity index (χ0v) is 15.1. The van der Waals surface area contributed by atoms with Crippen molar-refractivity contribution in [3.63, 3.8) is 0 Å². The number of rotatable bonds is 6. The van der Waals surface area contributed by atoms with Crippen molar-refractivity contribution in [3.05, 3.63) is 24.4 Å². The van der Waals surface area contributed by atoms with Crippen molar-refractivity contribution in [2.24, 2.45) is 0 Å². The third kappa shape index (κ3) is 3.84. The van der Waals surface area contributed by atoms with Gasteiger partial charge in [-0.1, -0.05) is 5.16 Å². The summed E-state index contributed by atoms with van der Waals surface area (Å²) in [5.74, 6) is 1.75. The third-order valence-electron chi connectivity index (χ3n) is 4.27. The second-order valence-corrected chi connectivity index (χ2v) is 6.91. The minimum Gasteiger partial charge on any atom is -0.338 e. The lowest BCUT2D eigenvalue weighted by molar-refractivity contribution is -0.137. The van der Waals surface area contributed by atoms with Crippen molar-refractivity contribution < 1.29 is 9.32 Å². The molecular formula is C17H24N6O2. The Labute approximate surface area is 147 Å². The topological polar surface area (TPSA) is 88.3 Å². The van der Waals surface area contributed by atoms with Gasteiger partial charge in [0.1, 0.15) is 0 Å². The first-order valence-corrected chi connectivity index (χ1v) is 8.60. The molecule has 0 aromatic carbocycles. The Kier molecular flexibility index (Phi) is 5.08. The van der Waals surface area contributed by atoms with Crippen LogP contribution in [0.5, 0.6) is 0 Å². The predicted octanol–water partition coefficient (Wildman–Crippen LogP) is 1.57. The summed E-state index contributed by atoms with van der Waals surface area (Å²) in [5, 5.41) is 3.95. The Balaban J connectivity index is 1.55. The molecule has 8 nitrogen and oxygen atoms in total. The van der Waals surface area contributed by atoms with Crippen LogP contribution in [0.25, 0.3) is 11.6 Å². The molecule has 1 saturated heterocycles. The van der Waals surface area contributed by atoms with E-state index in [4.69, 9.17) is 4.52 Å². The number of nitrogens with zero attached hydrogens (tertiary/aromatic N) is 6. The molecule has 1 amide bonds. The molecule has 3 heterocycles. The van der Waals surface area contributed by atoms with Crippen LogP contribution in [-0.2, 0) is 4.79 Å². The summed E-state index contributed by atoms with van der Waals surface area (Å²) in [5.41, 5.74) is 0. The minimum atomic E-state index is 0.157. The number of carbonyl (C=O) groups is 1. The van der Waals surface area contributed by atoms with E-state index in [-0.39, 0.29) is 23.9 Å². The first-order valence-electron chi connectivity index (χ1n) is 8.60. The van der Waals surface area contributed by atoms with Gasteiger partial charge < -0.3 is 9.42 Å².